The van der Waals surface area contributed by atoms with E-state index in [1.54, 1.807) is 0 Å². The Morgan fingerprint density at radius 1 is 1.19 bits per heavy atom. The molecule has 1 unspecified atom stereocenters. The van der Waals surface area contributed by atoms with Crippen LogP contribution in [0.2, 0.25) is 0 Å². The molecule has 0 saturated heterocycles. The van der Waals surface area contributed by atoms with Crippen LogP contribution in [0.1, 0.15) is 45.1 Å². The summed E-state index contributed by atoms with van der Waals surface area (Å²) in [7, 11) is 0. The van der Waals surface area contributed by atoms with Gasteiger partial charge in [0.25, 0.3) is 0 Å². The van der Waals surface area contributed by atoms with Crippen LogP contribution in [0.4, 0.5) is 0 Å². The van der Waals surface area contributed by atoms with Crippen LogP contribution in [0.15, 0.2) is 61.2 Å². The first kappa shape index (κ1) is 23.4. The largest absolute Gasteiger partial charge is 0.478 e. The van der Waals surface area contributed by atoms with Crippen LogP contribution in [0, 0.1) is 5.92 Å². The molecule has 1 N–H and O–H groups in total. The number of ether oxygens (including phenoxy) is 1. The Hall–Kier alpha value is -2.62. The molecule has 0 radical (unpaired) electrons. The van der Waals surface area contributed by atoms with Crippen LogP contribution in [0.5, 0.6) is 0 Å². The molecule has 0 aromatic heterocycles. The summed E-state index contributed by atoms with van der Waals surface area (Å²) >= 11 is 0. The third kappa shape index (κ3) is 11.8. The molecule has 0 aliphatic rings. The highest BCUT2D eigenvalue weighted by Crippen LogP contribution is 2.13. The Morgan fingerprint density at radius 3 is 2.31 bits per heavy atom. The molecule has 1 atom stereocenters. The van der Waals surface area contributed by atoms with E-state index in [0.717, 1.165) is 37.8 Å². The number of carboxylic acid groups (broad SMARTS) is 1. The summed E-state index contributed by atoms with van der Waals surface area (Å²) in [5.74, 6) is -1.30. The van der Waals surface area contributed by atoms with Gasteiger partial charge in [-0.15, -0.1) is 0 Å². The molecular formula is C22H30O4. The number of rotatable bonds is 10. The van der Waals surface area contributed by atoms with E-state index >= 15 is 0 Å². The lowest BCUT2D eigenvalue weighted by molar-refractivity contribution is -0.140. The second-order valence-electron chi connectivity index (χ2n) is 5.83. The van der Waals surface area contributed by atoms with Crippen molar-refractivity contribution in [2.75, 3.05) is 6.61 Å². The fourth-order valence-corrected chi connectivity index (χ4v) is 2.01. The molecule has 0 saturated carbocycles. The second kappa shape index (κ2) is 14.7. The zero-order chi connectivity index (χ0) is 19.8. The van der Waals surface area contributed by atoms with Gasteiger partial charge in [-0.25, -0.2) is 9.59 Å². The molecule has 0 bridgehead atoms. The zero-order valence-corrected chi connectivity index (χ0v) is 15.8. The van der Waals surface area contributed by atoms with E-state index < -0.39 is 11.9 Å². The van der Waals surface area contributed by atoms with Gasteiger partial charge in [0.05, 0.1) is 12.2 Å². The fraction of sp³-hybridized carbons (Fsp3) is 0.364. The van der Waals surface area contributed by atoms with Gasteiger partial charge in [-0.3, -0.25) is 0 Å². The SMILES string of the molecule is C=C(C=CC(=O)O)C(=O)OCC(CC)CCCC.C=Cc1ccccc1. The summed E-state index contributed by atoms with van der Waals surface area (Å²) < 4.78 is 5.10. The van der Waals surface area contributed by atoms with Crippen molar-refractivity contribution in [2.24, 2.45) is 5.92 Å². The highest BCUT2D eigenvalue weighted by molar-refractivity contribution is 5.93. The van der Waals surface area contributed by atoms with Crippen LogP contribution in [0.25, 0.3) is 6.08 Å². The van der Waals surface area contributed by atoms with Crippen molar-refractivity contribution in [1.29, 1.82) is 0 Å². The van der Waals surface area contributed by atoms with E-state index in [9.17, 15) is 9.59 Å². The number of aliphatic carboxylic acids is 1. The Kier molecular flexibility index (Phi) is 13.2. The minimum atomic E-state index is -1.11. The molecule has 1 aromatic rings. The Bertz CT molecular complexity index is 587. The third-order valence-corrected chi connectivity index (χ3v) is 3.72. The van der Waals surface area contributed by atoms with Gasteiger partial charge in [0, 0.05) is 6.08 Å². The molecule has 26 heavy (non-hydrogen) atoms. The lowest BCUT2D eigenvalue weighted by atomic mass is 10.0. The Labute approximate surface area is 156 Å². The van der Waals surface area contributed by atoms with Crippen molar-refractivity contribution in [1.82, 2.24) is 0 Å². The van der Waals surface area contributed by atoms with Crippen molar-refractivity contribution >= 4 is 18.0 Å². The first-order chi connectivity index (χ1) is 12.4. The average molecular weight is 358 g/mol. The van der Waals surface area contributed by atoms with Crippen molar-refractivity contribution in [2.45, 2.75) is 39.5 Å². The van der Waals surface area contributed by atoms with Crippen LogP contribution >= 0.6 is 0 Å². The lowest BCUT2D eigenvalue weighted by Gasteiger charge is -2.14. The summed E-state index contributed by atoms with van der Waals surface area (Å²) in [6.07, 6.45) is 8.10. The van der Waals surface area contributed by atoms with E-state index in [2.05, 4.69) is 27.0 Å². The summed E-state index contributed by atoms with van der Waals surface area (Å²) in [6, 6.07) is 10.0. The topological polar surface area (TPSA) is 63.6 Å². The molecule has 0 fully saturated rings. The number of hydrogen-bond donors (Lipinski definition) is 1. The maximum atomic E-state index is 11.5. The van der Waals surface area contributed by atoms with E-state index in [4.69, 9.17) is 9.84 Å². The molecule has 4 heteroatoms. The molecule has 0 spiro atoms. The molecule has 1 aromatic carbocycles. The Morgan fingerprint density at radius 2 is 1.85 bits per heavy atom. The minimum Gasteiger partial charge on any atom is -0.478 e. The average Bonchev–Trinajstić information content (AvgIpc) is 2.67. The smallest absolute Gasteiger partial charge is 0.337 e. The van der Waals surface area contributed by atoms with Crippen molar-refractivity contribution in [3.05, 3.63) is 66.8 Å². The van der Waals surface area contributed by atoms with Crippen LogP contribution in [-0.4, -0.2) is 23.7 Å². The van der Waals surface area contributed by atoms with Gasteiger partial charge >= 0.3 is 11.9 Å². The third-order valence-electron chi connectivity index (χ3n) is 3.72. The maximum absolute atomic E-state index is 11.5. The quantitative estimate of drug-likeness (QED) is 0.351. The zero-order valence-electron chi connectivity index (χ0n) is 15.8. The minimum absolute atomic E-state index is 0.0581. The predicted octanol–water partition coefficient (Wildman–Crippen LogP) is 5.27. The van der Waals surface area contributed by atoms with Crippen LogP contribution in [0.3, 0.4) is 0 Å². The van der Waals surface area contributed by atoms with Gasteiger partial charge < -0.3 is 9.84 Å². The summed E-state index contributed by atoms with van der Waals surface area (Å²) in [5, 5.41) is 8.42. The molecule has 0 amide bonds. The predicted molar refractivity (Wildman–Crippen MR) is 107 cm³/mol. The Balaban J connectivity index is 0.000000642. The molecule has 4 nitrogen and oxygen atoms in total. The molecular weight excluding hydrogens is 328 g/mol. The van der Waals surface area contributed by atoms with Gasteiger partial charge in [0.1, 0.15) is 0 Å². The number of carboxylic acids is 1. The maximum Gasteiger partial charge on any atom is 0.337 e. The molecule has 0 heterocycles. The van der Waals surface area contributed by atoms with E-state index in [1.165, 1.54) is 5.56 Å². The summed E-state index contributed by atoms with van der Waals surface area (Å²) in [4.78, 5) is 21.8. The van der Waals surface area contributed by atoms with Crippen molar-refractivity contribution in [3.63, 3.8) is 0 Å². The number of carbonyl (C=O) groups excluding carboxylic acids is 1. The van der Waals surface area contributed by atoms with E-state index in [-0.39, 0.29) is 5.57 Å². The van der Waals surface area contributed by atoms with Crippen molar-refractivity contribution < 1.29 is 19.4 Å². The number of hydrogen-bond acceptors (Lipinski definition) is 3. The van der Waals surface area contributed by atoms with Gasteiger partial charge in [-0.2, -0.15) is 0 Å². The molecule has 142 valence electrons. The molecule has 0 aliphatic carbocycles. The first-order valence-electron chi connectivity index (χ1n) is 8.89. The highest BCUT2D eigenvalue weighted by Gasteiger charge is 2.11. The van der Waals surface area contributed by atoms with Gasteiger partial charge in [0.2, 0.25) is 0 Å². The number of benzene rings is 1. The molecule has 1 rings (SSSR count). The lowest BCUT2D eigenvalue weighted by Crippen LogP contribution is -2.14. The summed E-state index contributed by atoms with van der Waals surface area (Å²) in [6.45, 7) is 11.7. The molecule has 0 aliphatic heterocycles. The van der Waals surface area contributed by atoms with E-state index in [1.807, 2.05) is 36.4 Å². The highest BCUT2D eigenvalue weighted by atomic mass is 16.5. The van der Waals surface area contributed by atoms with Gasteiger partial charge in [-0.1, -0.05) is 82.7 Å². The van der Waals surface area contributed by atoms with Crippen molar-refractivity contribution in [3.8, 4) is 0 Å². The van der Waals surface area contributed by atoms with Crippen LogP contribution < -0.4 is 0 Å². The second-order valence-corrected chi connectivity index (χ2v) is 5.83. The van der Waals surface area contributed by atoms with Crippen LogP contribution in [-0.2, 0) is 14.3 Å². The first-order valence-corrected chi connectivity index (χ1v) is 8.89. The fourth-order valence-electron chi connectivity index (χ4n) is 2.01. The number of unbranched alkanes of at least 4 members (excludes halogenated alkanes) is 1. The van der Waals surface area contributed by atoms with E-state index in [0.29, 0.717) is 12.5 Å². The number of esters is 1. The standard InChI is InChI=1S/C14H22O4.C8H8/c1-4-6-7-12(5-2)10-18-14(17)11(3)8-9-13(15)16;1-2-8-6-4-3-5-7-8/h8-9,12H,3-7,10H2,1-2H3,(H,15,16);2-7H,1H2. The normalized spacial score (nSPS) is 11.2. The van der Waals surface area contributed by atoms with Gasteiger partial charge in [-0.05, 0) is 24.0 Å². The number of carbonyl (C=O) groups is 2. The monoisotopic (exact) mass is 358 g/mol. The summed E-state index contributed by atoms with van der Waals surface area (Å²) in [5.41, 5.74) is 1.23. The van der Waals surface area contributed by atoms with Gasteiger partial charge in [0.15, 0.2) is 0 Å².